The van der Waals surface area contributed by atoms with Gasteiger partial charge in [-0.05, 0) is 24.6 Å². The van der Waals surface area contributed by atoms with Crippen LogP contribution in [-0.2, 0) is 0 Å². The van der Waals surface area contributed by atoms with Crippen LogP contribution >= 0.6 is 15.9 Å². The SMILES string of the molecule is N#Cc1ncc2nc1OCC/C=C/COc1ccc(Br)cc1NC(=O)N2. The molecule has 26 heavy (non-hydrogen) atoms. The summed E-state index contributed by atoms with van der Waals surface area (Å²) in [7, 11) is 0. The molecule has 0 radical (unpaired) electrons. The zero-order valence-electron chi connectivity index (χ0n) is 13.5. The van der Waals surface area contributed by atoms with Crippen LogP contribution in [0.3, 0.4) is 0 Å². The van der Waals surface area contributed by atoms with Crippen molar-refractivity contribution in [3.05, 3.63) is 46.7 Å². The quantitative estimate of drug-likeness (QED) is 0.637. The lowest BCUT2D eigenvalue weighted by atomic mass is 10.3. The molecule has 8 nitrogen and oxygen atoms in total. The Morgan fingerprint density at radius 1 is 1.23 bits per heavy atom. The maximum absolute atomic E-state index is 12.3. The van der Waals surface area contributed by atoms with E-state index >= 15 is 0 Å². The predicted octanol–water partition coefficient (Wildman–Crippen LogP) is 3.47. The molecule has 2 bridgehead atoms. The number of carbonyl (C=O) groups excluding carboxylic acids is 1. The van der Waals surface area contributed by atoms with E-state index in [0.717, 1.165) is 4.47 Å². The molecule has 0 unspecified atom stereocenters. The molecule has 3 rings (SSSR count). The fourth-order valence-corrected chi connectivity index (χ4v) is 2.51. The summed E-state index contributed by atoms with van der Waals surface area (Å²) in [5, 5.41) is 14.4. The minimum Gasteiger partial charge on any atom is -0.487 e. The van der Waals surface area contributed by atoms with E-state index in [0.29, 0.717) is 31.1 Å². The standard InChI is InChI=1S/C17H14BrN5O3/c18-11-4-5-14-12(8-11)21-17(24)23-15-10-20-13(9-19)16(22-15)26-7-3-1-2-6-25-14/h1-2,4-5,8,10H,3,6-7H2,(H2,21,22,23,24)/b2-1+. The summed E-state index contributed by atoms with van der Waals surface area (Å²) in [5.41, 5.74) is 0.556. The van der Waals surface area contributed by atoms with E-state index in [1.165, 1.54) is 6.20 Å². The summed E-state index contributed by atoms with van der Waals surface area (Å²) < 4.78 is 12.0. The van der Waals surface area contributed by atoms with E-state index in [4.69, 9.17) is 14.7 Å². The lowest BCUT2D eigenvalue weighted by Crippen LogP contribution is -2.21. The molecule has 0 fully saturated rings. The molecule has 0 saturated carbocycles. The van der Waals surface area contributed by atoms with Crippen molar-refractivity contribution in [2.45, 2.75) is 6.42 Å². The van der Waals surface area contributed by atoms with Gasteiger partial charge in [-0.15, -0.1) is 0 Å². The Hall–Kier alpha value is -3.12. The average molecular weight is 416 g/mol. The number of anilines is 2. The van der Waals surface area contributed by atoms with Gasteiger partial charge in [-0.1, -0.05) is 28.1 Å². The van der Waals surface area contributed by atoms with Crippen molar-refractivity contribution < 1.29 is 14.3 Å². The number of amides is 2. The van der Waals surface area contributed by atoms with Crippen molar-refractivity contribution in [2.75, 3.05) is 23.8 Å². The monoisotopic (exact) mass is 415 g/mol. The smallest absolute Gasteiger partial charge is 0.325 e. The maximum atomic E-state index is 12.3. The zero-order valence-corrected chi connectivity index (χ0v) is 15.1. The molecule has 1 aromatic heterocycles. The van der Waals surface area contributed by atoms with Crippen molar-refractivity contribution in [3.63, 3.8) is 0 Å². The summed E-state index contributed by atoms with van der Waals surface area (Å²) in [4.78, 5) is 20.4. The second-order valence-corrected chi connectivity index (χ2v) is 6.08. The number of carbonyl (C=O) groups is 1. The molecular weight excluding hydrogens is 402 g/mol. The van der Waals surface area contributed by atoms with Crippen molar-refractivity contribution in [1.82, 2.24) is 9.97 Å². The number of nitrogens with zero attached hydrogens (tertiary/aromatic N) is 3. The summed E-state index contributed by atoms with van der Waals surface area (Å²) in [6, 6.07) is 6.70. The van der Waals surface area contributed by atoms with Crippen LogP contribution in [0, 0.1) is 11.3 Å². The fourth-order valence-electron chi connectivity index (χ4n) is 2.15. The normalized spacial score (nSPS) is 15.5. The molecular formula is C17H14BrN5O3. The predicted molar refractivity (Wildman–Crippen MR) is 98.3 cm³/mol. The van der Waals surface area contributed by atoms with Gasteiger partial charge in [-0.25, -0.2) is 9.78 Å². The Bertz CT molecular complexity index is 894. The molecule has 9 heteroatoms. The first-order valence-corrected chi connectivity index (χ1v) is 8.50. The van der Waals surface area contributed by atoms with Crippen molar-refractivity contribution in [2.24, 2.45) is 0 Å². The van der Waals surface area contributed by atoms with Crippen molar-refractivity contribution in [1.29, 1.82) is 5.26 Å². The van der Waals surface area contributed by atoms with E-state index in [1.807, 2.05) is 24.3 Å². The third kappa shape index (κ3) is 4.49. The number of nitriles is 1. The van der Waals surface area contributed by atoms with Crippen LogP contribution in [0.2, 0.25) is 0 Å². The van der Waals surface area contributed by atoms with Crippen LogP contribution in [0.15, 0.2) is 41.0 Å². The molecule has 1 aliphatic heterocycles. The molecule has 2 amide bonds. The van der Waals surface area contributed by atoms with E-state index in [-0.39, 0.29) is 17.4 Å². The largest absolute Gasteiger partial charge is 0.487 e. The van der Waals surface area contributed by atoms with Gasteiger partial charge in [0, 0.05) is 4.47 Å². The average Bonchev–Trinajstić information content (AvgIpc) is 2.62. The first-order chi connectivity index (χ1) is 12.7. The van der Waals surface area contributed by atoms with Gasteiger partial charge in [0.15, 0.2) is 5.82 Å². The number of fused-ring (bicyclic) bond motifs is 3. The third-order valence-corrected chi connectivity index (χ3v) is 3.80. The minimum absolute atomic E-state index is 0.0573. The lowest BCUT2D eigenvalue weighted by molar-refractivity contribution is 0.262. The van der Waals surface area contributed by atoms with Crippen LogP contribution in [0.4, 0.5) is 16.3 Å². The van der Waals surface area contributed by atoms with E-state index in [2.05, 4.69) is 36.5 Å². The van der Waals surface area contributed by atoms with Gasteiger partial charge >= 0.3 is 6.03 Å². The minimum atomic E-state index is -0.525. The van der Waals surface area contributed by atoms with Gasteiger partial charge in [-0.3, -0.25) is 5.32 Å². The van der Waals surface area contributed by atoms with Crippen LogP contribution < -0.4 is 20.1 Å². The van der Waals surface area contributed by atoms with Crippen molar-refractivity contribution in [3.8, 4) is 17.7 Å². The topological polar surface area (TPSA) is 109 Å². The molecule has 0 spiro atoms. The second-order valence-electron chi connectivity index (χ2n) is 5.16. The molecule has 1 aromatic carbocycles. The first kappa shape index (κ1) is 17.7. The van der Waals surface area contributed by atoms with Gasteiger partial charge in [0.05, 0.1) is 18.5 Å². The van der Waals surface area contributed by atoms with Gasteiger partial charge in [0.2, 0.25) is 5.69 Å². The number of benzene rings is 1. The summed E-state index contributed by atoms with van der Waals surface area (Å²) >= 11 is 3.37. The van der Waals surface area contributed by atoms with E-state index in [1.54, 1.807) is 12.1 Å². The second kappa shape index (κ2) is 8.31. The number of urea groups is 1. The van der Waals surface area contributed by atoms with Crippen LogP contribution in [0.1, 0.15) is 12.1 Å². The molecule has 0 atom stereocenters. The van der Waals surface area contributed by atoms with Gasteiger partial charge in [0.1, 0.15) is 18.4 Å². The maximum Gasteiger partial charge on any atom is 0.325 e. The highest BCUT2D eigenvalue weighted by Crippen LogP contribution is 2.28. The Balaban J connectivity index is 1.90. The van der Waals surface area contributed by atoms with Crippen molar-refractivity contribution >= 4 is 33.5 Å². The Labute approximate surface area is 158 Å². The van der Waals surface area contributed by atoms with Crippen LogP contribution in [0.5, 0.6) is 11.6 Å². The number of rotatable bonds is 0. The number of ether oxygens (including phenoxy) is 2. The molecule has 0 aliphatic carbocycles. The van der Waals surface area contributed by atoms with Gasteiger partial charge in [0.25, 0.3) is 5.88 Å². The summed E-state index contributed by atoms with van der Waals surface area (Å²) in [6.07, 6.45) is 5.65. The highest BCUT2D eigenvalue weighted by Gasteiger charge is 2.13. The van der Waals surface area contributed by atoms with Gasteiger partial charge < -0.3 is 14.8 Å². The third-order valence-electron chi connectivity index (χ3n) is 3.30. The fraction of sp³-hybridized carbons (Fsp3) is 0.176. The Kier molecular flexibility index (Phi) is 5.66. The highest BCUT2D eigenvalue weighted by atomic mass is 79.9. The Morgan fingerprint density at radius 2 is 2.12 bits per heavy atom. The molecule has 132 valence electrons. The number of nitrogens with one attached hydrogen (secondary N) is 2. The summed E-state index contributed by atoms with van der Waals surface area (Å²) in [6.45, 7) is 0.661. The number of halogens is 1. The van der Waals surface area contributed by atoms with E-state index < -0.39 is 6.03 Å². The Morgan fingerprint density at radius 3 is 2.96 bits per heavy atom. The molecule has 2 heterocycles. The first-order valence-electron chi connectivity index (χ1n) is 7.71. The number of hydrogen-bond donors (Lipinski definition) is 2. The van der Waals surface area contributed by atoms with Crippen LogP contribution in [-0.4, -0.2) is 29.2 Å². The summed E-state index contributed by atoms with van der Waals surface area (Å²) in [5.74, 6) is 0.776. The molecule has 2 N–H and O–H groups in total. The van der Waals surface area contributed by atoms with Gasteiger partial charge in [-0.2, -0.15) is 10.2 Å². The molecule has 2 aromatic rings. The van der Waals surface area contributed by atoms with Crippen LogP contribution in [0.25, 0.3) is 0 Å². The number of aromatic nitrogens is 2. The number of hydrogen-bond acceptors (Lipinski definition) is 6. The molecule has 1 aliphatic rings. The zero-order chi connectivity index (χ0) is 18.4. The highest BCUT2D eigenvalue weighted by molar-refractivity contribution is 9.10. The lowest BCUT2D eigenvalue weighted by Gasteiger charge is -2.13. The molecule has 0 saturated heterocycles. The van der Waals surface area contributed by atoms with E-state index in [9.17, 15) is 4.79 Å².